The molecule has 0 fully saturated rings. The molecule has 1 aromatic carbocycles. The van der Waals surface area contributed by atoms with Crippen LogP contribution in [-0.2, 0) is 30.4 Å². The van der Waals surface area contributed by atoms with Crippen LogP contribution in [0.2, 0.25) is 0 Å². The molecular weight excluding hydrogens is 416 g/mol. The molecule has 0 saturated carbocycles. The van der Waals surface area contributed by atoms with Crippen LogP contribution < -0.4 is 0 Å². The quantitative estimate of drug-likeness (QED) is 0.167. The largest absolute Gasteiger partial charge is 0.500 e. The summed E-state index contributed by atoms with van der Waals surface area (Å²) in [6.45, 7) is 4.17. The second-order valence-electron chi connectivity index (χ2n) is 6.63. The van der Waals surface area contributed by atoms with E-state index in [0.29, 0.717) is 18.1 Å². The van der Waals surface area contributed by atoms with Gasteiger partial charge in [-0.2, -0.15) is 0 Å². The van der Waals surface area contributed by atoms with Gasteiger partial charge in [0.1, 0.15) is 23.1 Å². The minimum Gasteiger partial charge on any atom is -0.500 e. The maximum atomic E-state index is 11.5. The van der Waals surface area contributed by atoms with Crippen molar-refractivity contribution in [1.82, 2.24) is 4.98 Å². The molecule has 0 saturated heterocycles. The van der Waals surface area contributed by atoms with Crippen LogP contribution in [0.25, 0.3) is 6.08 Å². The van der Waals surface area contributed by atoms with E-state index in [1.54, 1.807) is 7.11 Å². The van der Waals surface area contributed by atoms with Gasteiger partial charge in [0.15, 0.2) is 0 Å². The van der Waals surface area contributed by atoms with Crippen LogP contribution in [0.15, 0.2) is 58.8 Å². The number of rotatable bonds is 11. The lowest BCUT2D eigenvalue weighted by atomic mass is 10.0. The third-order valence-corrected chi connectivity index (χ3v) is 5.32. The molecule has 0 spiro atoms. The third-order valence-electron chi connectivity index (χ3n) is 4.51. The van der Waals surface area contributed by atoms with E-state index < -0.39 is 5.97 Å². The summed E-state index contributed by atoms with van der Waals surface area (Å²) < 4.78 is 15.6. The molecular formula is C23H28N2O5S. The number of nitrogens with zero attached hydrogens (tertiary/aromatic N) is 2. The lowest BCUT2D eigenvalue weighted by Crippen LogP contribution is -2.21. The average molecular weight is 445 g/mol. The Morgan fingerprint density at radius 2 is 1.94 bits per heavy atom. The molecule has 0 N–H and O–H groups in total. The van der Waals surface area contributed by atoms with Gasteiger partial charge in [0.25, 0.3) is 0 Å². The Morgan fingerprint density at radius 3 is 2.58 bits per heavy atom. The van der Waals surface area contributed by atoms with Gasteiger partial charge in [0.05, 0.1) is 32.1 Å². The van der Waals surface area contributed by atoms with Crippen molar-refractivity contribution < 1.29 is 23.8 Å². The van der Waals surface area contributed by atoms with E-state index in [-0.39, 0.29) is 12.0 Å². The summed E-state index contributed by atoms with van der Waals surface area (Å²) in [6.07, 6.45) is 4.77. The Balaban J connectivity index is 2.01. The van der Waals surface area contributed by atoms with Crippen LogP contribution in [0.4, 0.5) is 0 Å². The highest BCUT2D eigenvalue weighted by Gasteiger charge is 2.20. The van der Waals surface area contributed by atoms with E-state index in [1.807, 2.05) is 61.7 Å². The molecule has 31 heavy (non-hydrogen) atoms. The van der Waals surface area contributed by atoms with Crippen LogP contribution in [0.1, 0.15) is 30.1 Å². The Morgan fingerprint density at radius 1 is 1.19 bits per heavy atom. The fourth-order valence-corrected chi connectivity index (χ4v) is 3.46. The number of carbonyl (C=O) groups is 1. The van der Waals surface area contributed by atoms with Gasteiger partial charge in [-0.15, -0.1) is 11.3 Å². The minimum absolute atomic E-state index is 0.195. The van der Waals surface area contributed by atoms with Crippen LogP contribution in [0, 0.1) is 5.92 Å². The van der Waals surface area contributed by atoms with Crippen molar-refractivity contribution in [3.63, 3.8) is 0 Å². The van der Waals surface area contributed by atoms with Gasteiger partial charge in [0, 0.05) is 18.4 Å². The molecule has 2 rings (SSSR count). The molecule has 0 aliphatic carbocycles. The van der Waals surface area contributed by atoms with Crippen molar-refractivity contribution in [2.45, 2.75) is 26.6 Å². The Bertz CT molecular complexity index is 921. The fourth-order valence-electron chi connectivity index (χ4n) is 2.69. The molecule has 0 bridgehead atoms. The predicted octanol–water partition coefficient (Wildman–Crippen LogP) is 4.45. The third kappa shape index (κ3) is 7.66. The Hall–Kier alpha value is -2.97. The summed E-state index contributed by atoms with van der Waals surface area (Å²) in [4.78, 5) is 21.5. The summed E-state index contributed by atoms with van der Waals surface area (Å²) in [5.74, 6) is -0.197. The van der Waals surface area contributed by atoms with Crippen molar-refractivity contribution in [3.05, 3.63) is 69.9 Å². The Kier molecular flexibility index (Phi) is 9.93. The number of methoxy groups -OCH3 is 3. The molecule has 1 aromatic heterocycles. The number of aromatic nitrogens is 1. The second kappa shape index (κ2) is 12.7. The summed E-state index contributed by atoms with van der Waals surface area (Å²) >= 11 is 1.49. The zero-order chi connectivity index (χ0) is 22.6. The first-order valence-electron chi connectivity index (χ1n) is 9.69. The summed E-state index contributed by atoms with van der Waals surface area (Å²) in [5.41, 5.74) is 2.51. The van der Waals surface area contributed by atoms with E-state index in [0.717, 1.165) is 16.3 Å². The van der Waals surface area contributed by atoms with Crippen molar-refractivity contribution in [3.8, 4) is 0 Å². The van der Waals surface area contributed by atoms with E-state index in [2.05, 4.69) is 14.9 Å². The smallest absolute Gasteiger partial charge is 0.333 e. The Labute approximate surface area is 187 Å². The monoisotopic (exact) mass is 444 g/mol. The average Bonchev–Trinajstić information content (AvgIpc) is 3.27. The van der Waals surface area contributed by atoms with E-state index in [1.165, 1.54) is 31.6 Å². The van der Waals surface area contributed by atoms with Gasteiger partial charge < -0.3 is 19.0 Å². The zero-order valence-corrected chi connectivity index (χ0v) is 19.2. The van der Waals surface area contributed by atoms with Gasteiger partial charge in [0.2, 0.25) is 0 Å². The van der Waals surface area contributed by atoms with Gasteiger partial charge in [-0.05, 0) is 18.6 Å². The highest BCUT2D eigenvalue weighted by Crippen LogP contribution is 2.21. The number of thiazole rings is 1. The molecule has 2 aromatic rings. The topological polar surface area (TPSA) is 79.2 Å². The predicted molar refractivity (Wildman–Crippen MR) is 122 cm³/mol. The van der Waals surface area contributed by atoms with Crippen molar-refractivity contribution in [2.24, 2.45) is 11.1 Å². The molecule has 7 nitrogen and oxygen atoms in total. The fraction of sp³-hybridized carbons (Fsp3) is 0.348. The first kappa shape index (κ1) is 24.3. The van der Waals surface area contributed by atoms with Gasteiger partial charge >= 0.3 is 5.97 Å². The van der Waals surface area contributed by atoms with Crippen LogP contribution in [0.5, 0.6) is 0 Å². The summed E-state index contributed by atoms with van der Waals surface area (Å²) in [6, 6.07) is 9.85. The van der Waals surface area contributed by atoms with Crippen molar-refractivity contribution in [1.29, 1.82) is 0 Å². The number of ether oxygens (including phenoxy) is 3. The molecule has 1 heterocycles. The van der Waals surface area contributed by atoms with Crippen LogP contribution in [-0.4, -0.2) is 44.1 Å². The molecule has 8 heteroatoms. The van der Waals surface area contributed by atoms with Crippen molar-refractivity contribution >= 4 is 29.1 Å². The standard InChI is InChI=1S/C23H28N2O5S/c1-16(21(28-4)13-23(26)29-5)20(27-3)11-12-22-24-19(15-31-22)17(2)25-30-14-18-9-7-6-8-10-18/h6-13,15-16,20H,14H2,1-5H3/b12-11+,21-13+,25-17-/t16-,20+/m1/s1. The van der Waals surface area contributed by atoms with Gasteiger partial charge in [-0.3, -0.25) is 0 Å². The first-order chi connectivity index (χ1) is 15.0. The number of oxime groups is 1. The van der Waals surface area contributed by atoms with E-state index in [4.69, 9.17) is 14.3 Å². The number of carbonyl (C=O) groups excluding carboxylic acids is 1. The molecule has 0 aliphatic heterocycles. The number of esters is 1. The molecule has 0 radical (unpaired) electrons. The van der Waals surface area contributed by atoms with Gasteiger partial charge in [-0.25, -0.2) is 9.78 Å². The maximum absolute atomic E-state index is 11.5. The van der Waals surface area contributed by atoms with Crippen LogP contribution in [0.3, 0.4) is 0 Å². The van der Waals surface area contributed by atoms with E-state index in [9.17, 15) is 4.79 Å². The molecule has 2 atom stereocenters. The highest BCUT2D eigenvalue weighted by molar-refractivity contribution is 7.10. The second-order valence-corrected chi connectivity index (χ2v) is 7.52. The minimum atomic E-state index is -0.476. The number of benzene rings is 1. The van der Waals surface area contributed by atoms with Crippen molar-refractivity contribution in [2.75, 3.05) is 21.3 Å². The molecule has 0 amide bonds. The number of hydrogen-bond donors (Lipinski definition) is 0. The summed E-state index contributed by atoms with van der Waals surface area (Å²) in [5, 5.41) is 6.88. The first-order valence-corrected chi connectivity index (χ1v) is 10.6. The van der Waals surface area contributed by atoms with E-state index >= 15 is 0 Å². The summed E-state index contributed by atoms with van der Waals surface area (Å²) in [7, 11) is 4.43. The maximum Gasteiger partial charge on any atom is 0.333 e. The zero-order valence-electron chi connectivity index (χ0n) is 18.4. The molecule has 0 unspecified atom stereocenters. The lowest BCUT2D eigenvalue weighted by molar-refractivity contribution is -0.135. The number of hydrogen-bond acceptors (Lipinski definition) is 8. The molecule has 0 aliphatic rings. The molecule has 166 valence electrons. The lowest BCUT2D eigenvalue weighted by Gasteiger charge is -2.21. The highest BCUT2D eigenvalue weighted by atomic mass is 32.1. The van der Waals surface area contributed by atoms with Crippen LogP contribution >= 0.6 is 11.3 Å². The normalized spacial score (nSPS) is 14.4. The van der Waals surface area contributed by atoms with Gasteiger partial charge in [-0.1, -0.05) is 48.5 Å². The SMILES string of the molecule is COC(=O)/C=C(/OC)[C@H](C)[C@H](/C=C/c1nc(/C(C)=N\OCc2ccccc2)cs1)OC.